The van der Waals surface area contributed by atoms with Crippen LogP contribution in [-0.4, -0.2) is 5.54 Å². The van der Waals surface area contributed by atoms with Gasteiger partial charge in [0.2, 0.25) is 0 Å². The third-order valence-corrected chi connectivity index (χ3v) is 3.91. The van der Waals surface area contributed by atoms with Gasteiger partial charge >= 0.3 is 0 Å². The first-order valence-corrected chi connectivity index (χ1v) is 7.61. The van der Waals surface area contributed by atoms with E-state index in [1.54, 1.807) is 11.1 Å². The first-order valence-electron chi connectivity index (χ1n) is 7.61. The quantitative estimate of drug-likeness (QED) is 0.840. The summed E-state index contributed by atoms with van der Waals surface area (Å²) in [6, 6.07) is 7.03. The maximum Gasteiger partial charge on any atom is 0.0210 e. The monoisotopic (exact) mass is 259 g/mol. The predicted octanol–water partition coefficient (Wildman–Crippen LogP) is 4.48. The van der Waals surface area contributed by atoms with Crippen LogP contribution in [0.15, 0.2) is 18.2 Å². The Morgan fingerprint density at radius 1 is 1.00 bits per heavy atom. The Morgan fingerprint density at radius 3 is 2.37 bits per heavy atom. The maximum absolute atomic E-state index is 3.72. The van der Waals surface area contributed by atoms with Crippen LogP contribution in [0, 0.1) is 5.41 Å². The first kappa shape index (κ1) is 14.6. The van der Waals surface area contributed by atoms with Gasteiger partial charge in [-0.3, -0.25) is 0 Å². The van der Waals surface area contributed by atoms with Gasteiger partial charge in [0.05, 0.1) is 0 Å². The van der Waals surface area contributed by atoms with E-state index < -0.39 is 0 Å². The molecule has 0 unspecified atom stereocenters. The Bertz CT molecular complexity index is 437. The van der Waals surface area contributed by atoms with Crippen molar-refractivity contribution in [2.24, 2.45) is 5.41 Å². The van der Waals surface area contributed by atoms with E-state index in [2.05, 4.69) is 58.1 Å². The number of rotatable bonds is 4. The molecular weight excluding hydrogens is 230 g/mol. The molecule has 1 heteroatoms. The normalized spacial score (nSPS) is 15.6. The van der Waals surface area contributed by atoms with Crippen molar-refractivity contribution in [3.05, 3.63) is 34.9 Å². The molecule has 0 amide bonds. The molecule has 1 aromatic carbocycles. The van der Waals surface area contributed by atoms with E-state index in [0.717, 1.165) is 6.54 Å². The molecule has 106 valence electrons. The number of hydrogen-bond acceptors (Lipinski definition) is 1. The Morgan fingerprint density at radius 2 is 1.68 bits per heavy atom. The van der Waals surface area contributed by atoms with Gasteiger partial charge in [0.25, 0.3) is 0 Å². The third kappa shape index (κ3) is 4.35. The second-order valence-electron chi connectivity index (χ2n) is 7.93. The largest absolute Gasteiger partial charge is 0.308 e. The van der Waals surface area contributed by atoms with E-state index in [-0.39, 0.29) is 5.54 Å². The van der Waals surface area contributed by atoms with Gasteiger partial charge in [-0.15, -0.1) is 0 Å². The van der Waals surface area contributed by atoms with E-state index in [9.17, 15) is 0 Å². The highest BCUT2D eigenvalue weighted by molar-refractivity contribution is 5.35. The second kappa shape index (κ2) is 5.28. The highest BCUT2D eigenvalue weighted by atomic mass is 15.0. The van der Waals surface area contributed by atoms with Gasteiger partial charge < -0.3 is 5.32 Å². The van der Waals surface area contributed by atoms with Gasteiger partial charge in [-0.25, -0.2) is 0 Å². The average molecular weight is 259 g/mol. The summed E-state index contributed by atoms with van der Waals surface area (Å²) in [5.74, 6) is 0. The predicted molar refractivity (Wildman–Crippen MR) is 83.5 cm³/mol. The van der Waals surface area contributed by atoms with Crippen LogP contribution in [0.25, 0.3) is 0 Å². The van der Waals surface area contributed by atoms with Crippen molar-refractivity contribution in [3.63, 3.8) is 0 Å². The van der Waals surface area contributed by atoms with Crippen molar-refractivity contribution < 1.29 is 0 Å². The van der Waals surface area contributed by atoms with Gasteiger partial charge in [-0.1, -0.05) is 39.0 Å². The summed E-state index contributed by atoms with van der Waals surface area (Å²) in [5, 5.41) is 3.72. The zero-order chi connectivity index (χ0) is 14.1. The number of hydrogen-bond donors (Lipinski definition) is 1. The zero-order valence-electron chi connectivity index (χ0n) is 13.3. The summed E-state index contributed by atoms with van der Waals surface area (Å²) in [4.78, 5) is 0. The van der Waals surface area contributed by atoms with Gasteiger partial charge in [0.1, 0.15) is 0 Å². The summed E-state index contributed by atoms with van der Waals surface area (Å²) in [5.41, 5.74) is 5.14. The molecule has 2 rings (SSSR count). The summed E-state index contributed by atoms with van der Waals surface area (Å²) in [7, 11) is 0. The Kier molecular flexibility index (Phi) is 4.06. The Hall–Kier alpha value is -0.820. The molecule has 0 bridgehead atoms. The van der Waals surface area contributed by atoms with E-state index in [1.807, 2.05) is 0 Å². The highest BCUT2D eigenvalue weighted by Crippen LogP contribution is 2.27. The molecule has 1 aromatic rings. The van der Waals surface area contributed by atoms with Crippen molar-refractivity contribution in [3.8, 4) is 0 Å². The molecule has 1 aliphatic rings. The smallest absolute Gasteiger partial charge is 0.0210 e. The van der Waals surface area contributed by atoms with Crippen LogP contribution < -0.4 is 5.32 Å². The fourth-order valence-corrected chi connectivity index (χ4v) is 3.46. The van der Waals surface area contributed by atoms with Gasteiger partial charge in [-0.2, -0.15) is 0 Å². The van der Waals surface area contributed by atoms with Crippen LogP contribution in [0.3, 0.4) is 0 Å². The lowest BCUT2D eigenvalue weighted by Gasteiger charge is -2.33. The lowest BCUT2D eigenvalue weighted by Crippen LogP contribution is -2.41. The van der Waals surface area contributed by atoms with Crippen molar-refractivity contribution in [2.45, 2.75) is 72.4 Å². The highest BCUT2D eigenvalue weighted by Gasteiger charge is 2.24. The number of benzene rings is 1. The van der Waals surface area contributed by atoms with Crippen LogP contribution in [0.2, 0.25) is 0 Å². The lowest BCUT2D eigenvalue weighted by molar-refractivity contribution is 0.240. The molecule has 0 saturated carbocycles. The summed E-state index contributed by atoms with van der Waals surface area (Å²) < 4.78 is 0. The van der Waals surface area contributed by atoms with E-state index >= 15 is 0 Å². The molecule has 0 fully saturated rings. The van der Waals surface area contributed by atoms with E-state index in [0.29, 0.717) is 5.41 Å². The number of nitrogens with one attached hydrogen (secondary N) is 1. The molecule has 0 atom stereocenters. The van der Waals surface area contributed by atoms with Gasteiger partial charge in [0, 0.05) is 12.1 Å². The van der Waals surface area contributed by atoms with Crippen molar-refractivity contribution in [2.75, 3.05) is 0 Å². The summed E-state index contributed by atoms with van der Waals surface area (Å²) in [6.45, 7) is 12.5. The van der Waals surface area contributed by atoms with Crippen LogP contribution in [0.4, 0.5) is 0 Å². The molecule has 19 heavy (non-hydrogen) atoms. The molecule has 0 aliphatic heterocycles. The van der Waals surface area contributed by atoms with Crippen molar-refractivity contribution in [1.29, 1.82) is 0 Å². The SMILES string of the molecule is CC(C)(C)CC(C)(C)NCc1ccc2c(c1)CCC2. The standard InChI is InChI=1S/C18H29N/c1-17(2,3)13-18(4,5)19-12-14-9-10-15-7-6-8-16(15)11-14/h9-11,19H,6-8,12-13H2,1-5H3. The topological polar surface area (TPSA) is 12.0 Å². The minimum atomic E-state index is 0.192. The molecule has 0 heterocycles. The van der Waals surface area contributed by atoms with Crippen LogP contribution in [-0.2, 0) is 19.4 Å². The molecular formula is C18H29N. The van der Waals surface area contributed by atoms with Gasteiger partial charge in [0.15, 0.2) is 0 Å². The molecule has 1 N–H and O–H groups in total. The lowest BCUT2D eigenvalue weighted by atomic mass is 9.81. The second-order valence-corrected chi connectivity index (χ2v) is 7.93. The number of fused-ring (bicyclic) bond motifs is 1. The third-order valence-electron chi connectivity index (χ3n) is 3.91. The molecule has 0 saturated heterocycles. The minimum absolute atomic E-state index is 0.192. The fourth-order valence-electron chi connectivity index (χ4n) is 3.46. The van der Waals surface area contributed by atoms with Gasteiger partial charge in [-0.05, 0) is 61.6 Å². The summed E-state index contributed by atoms with van der Waals surface area (Å²) in [6.07, 6.45) is 5.07. The van der Waals surface area contributed by atoms with E-state index in [1.165, 1.54) is 31.2 Å². The van der Waals surface area contributed by atoms with Crippen LogP contribution >= 0.6 is 0 Å². The number of aryl methyl sites for hydroxylation is 2. The minimum Gasteiger partial charge on any atom is -0.308 e. The zero-order valence-corrected chi connectivity index (χ0v) is 13.3. The molecule has 0 spiro atoms. The molecule has 0 aromatic heterocycles. The Balaban J connectivity index is 1.95. The van der Waals surface area contributed by atoms with Crippen LogP contribution in [0.5, 0.6) is 0 Å². The summed E-state index contributed by atoms with van der Waals surface area (Å²) >= 11 is 0. The van der Waals surface area contributed by atoms with Crippen molar-refractivity contribution in [1.82, 2.24) is 5.32 Å². The molecule has 1 aliphatic carbocycles. The fraction of sp³-hybridized carbons (Fsp3) is 0.667. The molecule has 1 nitrogen and oxygen atoms in total. The van der Waals surface area contributed by atoms with Crippen LogP contribution in [0.1, 0.15) is 64.2 Å². The maximum atomic E-state index is 3.72. The molecule has 0 radical (unpaired) electrons. The Labute approximate surface area is 118 Å². The van der Waals surface area contributed by atoms with Crippen molar-refractivity contribution >= 4 is 0 Å². The van der Waals surface area contributed by atoms with E-state index in [4.69, 9.17) is 0 Å². The average Bonchev–Trinajstić information content (AvgIpc) is 2.70. The first-order chi connectivity index (χ1) is 8.75.